The van der Waals surface area contributed by atoms with Crippen LogP contribution in [-0.4, -0.2) is 41.9 Å². The van der Waals surface area contributed by atoms with Crippen molar-refractivity contribution in [3.05, 3.63) is 57.8 Å². The molecular weight excluding hydrogens is 346 g/mol. The summed E-state index contributed by atoms with van der Waals surface area (Å²) in [4.78, 5) is 27.5. The largest absolute Gasteiger partial charge is 0.347 e. The topological polar surface area (TPSA) is 61.4 Å². The Kier molecular flexibility index (Phi) is 5.04. The average molecular weight is 369 g/mol. The molecule has 2 atom stereocenters. The Bertz CT molecular complexity index is 773. The fourth-order valence-electron chi connectivity index (χ4n) is 3.75. The van der Waals surface area contributed by atoms with Crippen LogP contribution < -0.4 is 10.6 Å². The van der Waals surface area contributed by atoms with Gasteiger partial charge in [-0.3, -0.25) is 9.59 Å². The Morgan fingerprint density at radius 3 is 2.69 bits per heavy atom. The molecule has 6 heteroatoms. The highest BCUT2D eigenvalue weighted by molar-refractivity contribution is 7.12. The van der Waals surface area contributed by atoms with Crippen molar-refractivity contribution in [3.8, 4) is 0 Å². The van der Waals surface area contributed by atoms with Gasteiger partial charge in [-0.15, -0.1) is 11.3 Å². The molecule has 2 bridgehead atoms. The summed E-state index contributed by atoms with van der Waals surface area (Å²) in [6.45, 7) is 2.09. The molecule has 3 heterocycles. The lowest BCUT2D eigenvalue weighted by molar-refractivity contribution is 0.0748. The maximum absolute atomic E-state index is 12.8. The zero-order valence-corrected chi connectivity index (χ0v) is 15.4. The van der Waals surface area contributed by atoms with Crippen molar-refractivity contribution < 1.29 is 9.59 Å². The molecule has 2 aliphatic rings. The molecule has 2 amide bonds. The van der Waals surface area contributed by atoms with Crippen molar-refractivity contribution >= 4 is 23.2 Å². The normalized spacial score (nSPS) is 22.1. The van der Waals surface area contributed by atoms with Gasteiger partial charge in [-0.1, -0.05) is 18.2 Å². The SMILES string of the molecule is O=C(NCc1ccc(C(=O)N2CCC3CCC(C2)N3)cc1)c1cccs1. The number of thiophene rings is 1. The number of carbonyl (C=O) groups is 2. The first-order valence-corrected chi connectivity index (χ1v) is 10.0. The number of fused-ring (bicyclic) bond motifs is 2. The quantitative estimate of drug-likeness (QED) is 0.871. The van der Waals surface area contributed by atoms with Gasteiger partial charge in [0.05, 0.1) is 4.88 Å². The van der Waals surface area contributed by atoms with Gasteiger partial charge in [-0.25, -0.2) is 0 Å². The van der Waals surface area contributed by atoms with Gasteiger partial charge in [0.2, 0.25) is 0 Å². The van der Waals surface area contributed by atoms with Crippen LogP contribution in [0.4, 0.5) is 0 Å². The molecule has 0 spiro atoms. The second kappa shape index (κ2) is 7.60. The molecule has 1 aromatic heterocycles. The molecular formula is C20H23N3O2S. The molecule has 0 radical (unpaired) electrons. The summed E-state index contributed by atoms with van der Waals surface area (Å²) in [6, 6.07) is 12.3. The summed E-state index contributed by atoms with van der Waals surface area (Å²) in [5, 5.41) is 8.40. The van der Waals surface area contributed by atoms with E-state index in [-0.39, 0.29) is 11.8 Å². The third-order valence-corrected chi connectivity index (χ3v) is 6.08. The monoisotopic (exact) mass is 369 g/mol. The minimum atomic E-state index is -0.0627. The van der Waals surface area contributed by atoms with Crippen LogP contribution in [0.1, 0.15) is 44.9 Å². The third-order valence-electron chi connectivity index (χ3n) is 5.21. The van der Waals surface area contributed by atoms with Gasteiger partial charge in [0.1, 0.15) is 0 Å². The maximum atomic E-state index is 12.8. The fraction of sp³-hybridized carbons (Fsp3) is 0.400. The highest BCUT2D eigenvalue weighted by Gasteiger charge is 2.31. The molecule has 1 aromatic carbocycles. The van der Waals surface area contributed by atoms with E-state index in [9.17, 15) is 9.59 Å². The van der Waals surface area contributed by atoms with E-state index in [4.69, 9.17) is 0 Å². The molecule has 4 rings (SSSR count). The van der Waals surface area contributed by atoms with Gasteiger partial charge in [-0.2, -0.15) is 0 Å². The minimum Gasteiger partial charge on any atom is -0.347 e. The minimum absolute atomic E-state index is 0.0627. The molecule has 2 N–H and O–H groups in total. The first-order chi connectivity index (χ1) is 12.7. The fourth-order valence-corrected chi connectivity index (χ4v) is 4.39. The molecule has 26 heavy (non-hydrogen) atoms. The molecule has 0 saturated carbocycles. The van der Waals surface area contributed by atoms with E-state index in [2.05, 4.69) is 10.6 Å². The number of amides is 2. The number of likely N-dealkylation sites (tertiary alicyclic amines) is 1. The second-order valence-electron chi connectivity index (χ2n) is 7.03. The smallest absolute Gasteiger partial charge is 0.261 e. The van der Waals surface area contributed by atoms with Crippen LogP contribution in [-0.2, 0) is 6.54 Å². The van der Waals surface area contributed by atoms with Crippen LogP contribution in [0.5, 0.6) is 0 Å². The summed E-state index contributed by atoms with van der Waals surface area (Å²) in [7, 11) is 0. The van der Waals surface area contributed by atoms with E-state index in [1.807, 2.05) is 46.7 Å². The van der Waals surface area contributed by atoms with Gasteiger partial charge < -0.3 is 15.5 Å². The molecule has 0 aliphatic carbocycles. The summed E-state index contributed by atoms with van der Waals surface area (Å²) in [5.74, 6) is 0.0424. The highest BCUT2D eigenvalue weighted by atomic mass is 32.1. The first kappa shape index (κ1) is 17.2. The average Bonchev–Trinajstić information content (AvgIpc) is 3.29. The predicted molar refractivity (Wildman–Crippen MR) is 102 cm³/mol. The molecule has 2 fully saturated rings. The number of hydrogen-bond acceptors (Lipinski definition) is 4. The lowest BCUT2D eigenvalue weighted by Crippen LogP contribution is -2.39. The molecule has 2 aromatic rings. The van der Waals surface area contributed by atoms with Crippen molar-refractivity contribution in [2.45, 2.75) is 37.9 Å². The Labute approximate surface area is 157 Å². The Morgan fingerprint density at radius 2 is 1.92 bits per heavy atom. The highest BCUT2D eigenvalue weighted by Crippen LogP contribution is 2.21. The van der Waals surface area contributed by atoms with Crippen molar-refractivity contribution in [2.24, 2.45) is 0 Å². The summed E-state index contributed by atoms with van der Waals surface area (Å²) in [6.07, 6.45) is 3.44. The number of hydrogen-bond donors (Lipinski definition) is 2. The van der Waals surface area contributed by atoms with Gasteiger partial charge in [-0.05, 0) is 48.4 Å². The van der Waals surface area contributed by atoms with Crippen LogP contribution >= 0.6 is 11.3 Å². The third kappa shape index (κ3) is 3.81. The Morgan fingerprint density at radius 1 is 1.12 bits per heavy atom. The van der Waals surface area contributed by atoms with E-state index in [1.54, 1.807) is 0 Å². The van der Waals surface area contributed by atoms with Crippen LogP contribution in [0.2, 0.25) is 0 Å². The van der Waals surface area contributed by atoms with Gasteiger partial charge in [0.15, 0.2) is 0 Å². The molecule has 2 unspecified atom stereocenters. The summed E-state index contributed by atoms with van der Waals surface area (Å²) in [5.41, 5.74) is 1.71. The molecule has 2 aliphatic heterocycles. The maximum Gasteiger partial charge on any atom is 0.261 e. The number of rotatable bonds is 4. The zero-order chi connectivity index (χ0) is 17.9. The van der Waals surface area contributed by atoms with E-state index >= 15 is 0 Å². The van der Waals surface area contributed by atoms with Crippen molar-refractivity contribution in [2.75, 3.05) is 13.1 Å². The van der Waals surface area contributed by atoms with Gasteiger partial charge >= 0.3 is 0 Å². The summed E-state index contributed by atoms with van der Waals surface area (Å²) < 4.78 is 0. The van der Waals surface area contributed by atoms with Gasteiger partial charge in [0, 0.05) is 37.3 Å². The lowest BCUT2D eigenvalue weighted by Gasteiger charge is -2.24. The Hall–Kier alpha value is -2.18. The number of nitrogens with zero attached hydrogens (tertiary/aromatic N) is 1. The molecule has 136 valence electrons. The van der Waals surface area contributed by atoms with Crippen molar-refractivity contribution in [1.29, 1.82) is 0 Å². The lowest BCUT2D eigenvalue weighted by atomic mass is 10.1. The molecule has 2 saturated heterocycles. The van der Waals surface area contributed by atoms with E-state index in [1.165, 1.54) is 17.8 Å². The van der Waals surface area contributed by atoms with E-state index in [0.717, 1.165) is 37.1 Å². The number of benzene rings is 1. The number of carbonyl (C=O) groups excluding carboxylic acids is 2. The van der Waals surface area contributed by atoms with Crippen LogP contribution in [0.25, 0.3) is 0 Å². The molecule has 5 nitrogen and oxygen atoms in total. The van der Waals surface area contributed by atoms with Crippen LogP contribution in [0.3, 0.4) is 0 Å². The van der Waals surface area contributed by atoms with Crippen LogP contribution in [0, 0.1) is 0 Å². The Balaban J connectivity index is 1.35. The van der Waals surface area contributed by atoms with Crippen LogP contribution in [0.15, 0.2) is 41.8 Å². The second-order valence-corrected chi connectivity index (χ2v) is 7.98. The predicted octanol–water partition coefficient (Wildman–Crippen LogP) is 2.64. The van der Waals surface area contributed by atoms with E-state index < -0.39 is 0 Å². The standard InChI is InChI=1S/C20H23N3O2S/c24-19(18-2-1-11-26-18)21-12-14-3-5-15(6-4-14)20(25)23-10-9-16-7-8-17(13-23)22-16/h1-6,11,16-17,22H,7-10,12-13H2,(H,21,24). The first-order valence-electron chi connectivity index (χ1n) is 9.15. The zero-order valence-electron chi connectivity index (χ0n) is 14.6. The van der Waals surface area contributed by atoms with Crippen molar-refractivity contribution in [3.63, 3.8) is 0 Å². The van der Waals surface area contributed by atoms with E-state index in [0.29, 0.717) is 23.5 Å². The number of nitrogens with one attached hydrogen (secondary N) is 2. The summed E-state index contributed by atoms with van der Waals surface area (Å²) >= 11 is 1.43. The van der Waals surface area contributed by atoms with Crippen molar-refractivity contribution in [1.82, 2.24) is 15.5 Å². The van der Waals surface area contributed by atoms with Gasteiger partial charge in [0.25, 0.3) is 11.8 Å².